The molecule has 122 valence electrons. The maximum Gasteiger partial charge on any atom is 0.253 e. The van der Waals surface area contributed by atoms with Crippen LogP contribution in [0.1, 0.15) is 33.2 Å². The van der Waals surface area contributed by atoms with E-state index in [-0.39, 0.29) is 18.2 Å². The fourth-order valence-electron chi connectivity index (χ4n) is 1.96. The second-order valence-corrected chi connectivity index (χ2v) is 5.82. The first-order chi connectivity index (χ1) is 11.5. The molecular formula is C19H16BrNO3. The molecule has 0 aliphatic carbocycles. The van der Waals surface area contributed by atoms with Crippen molar-refractivity contribution < 1.29 is 14.3 Å². The first kappa shape index (κ1) is 17.8. The number of hydrogen-bond acceptors (Lipinski definition) is 3. The Hall–Kier alpha value is -2.58. The van der Waals surface area contributed by atoms with Crippen molar-refractivity contribution in [1.29, 1.82) is 0 Å². The number of nitrogens with one attached hydrogen (secondary N) is 1. The Morgan fingerprint density at radius 1 is 1.17 bits per heavy atom. The quantitative estimate of drug-likeness (QED) is 0.647. The molecule has 4 nitrogen and oxygen atoms in total. The third kappa shape index (κ3) is 4.71. The van der Waals surface area contributed by atoms with E-state index in [1.54, 1.807) is 49.6 Å². The zero-order valence-corrected chi connectivity index (χ0v) is 14.9. The summed E-state index contributed by atoms with van der Waals surface area (Å²) in [6.07, 6.45) is 0. The average Bonchev–Trinajstić information content (AvgIpc) is 2.59. The summed E-state index contributed by atoms with van der Waals surface area (Å²) in [4.78, 5) is 23.4. The van der Waals surface area contributed by atoms with Gasteiger partial charge in [-0.1, -0.05) is 24.0 Å². The third-order valence-corrected chi connectivity index (χ3v) is 3.97. The first-order valence-corrected chi connectivity index (χ1v) is 8.02. The molecule has 1 amide bonds. The molecule has 0 aromatic heterocycles. The van der Waals surface area contributed by atoms with E-state index in [9.17, 15) is 9.59 Å². The number of Topliss-reactive ketones (excluding diaryl/α,β-unsaturated/α-hetero) is 1. The van der Waals surface area contributed by atoms with Gasteiger partial charge in [-0.25, -0.2) is 0 Å². The molecule has 2 rings (SSSR count). The van der Waals surface area contributed by atoms with Gasteiger partial charge >= 0.3 is 0 Å². The molecule has 0 saturated carbocycles. The topological polar surface area (TPSA) is 55.4 Å². The summed E-state index contributed by atoms with van der Waals surface area (Å²) in [6.45, 7) is 1.74. The van der Waals surface area contributed by atoms with E-state index >= 15 is 0 Å². The van der Waals surface area contributed by atoms with Crippen molar-refractivity contribution in [2.45, 2.75) is 6.92 Å². The Kier molecular flexibility index (Phi) is 6.16. The standard InChI is InChI=1S/C19H16BrNO3/c1-13(22)15-7-5-14(6-8-15)4-3-11-21-19(23)17-12-16(24-2)9-10-18(17)20/h5-10,12H,11H2,1-2H3,(H,21,23). The highest BCUT2D eigenvalue weighted by Gasteiger charge is 2.10. The number of halogens is 1. The van der Waals surface area contributed by atoms with Crippen LogP contribution < -0.4 is 10.1 Å². The number of benzene rings is 2. The molecular weight excluding hydrogens is 370 g/mol. The Morgan fingerprint density at radius 3 is 2.50 bits per heavy atom. The number of carbonyl (C=O) groups excluding carboxylic acids is 2. The highest BCUT2D eigenvalue weighted by Crippen LogP contribution is 2.22. The summed E-state index contributed by atoms with van der Waals surface area (Å²) in [5.74, 6) is 6.22. The van der Waals surface area contributed by atoms with Crippen molar-refractivity contribution in [3.8, 4) is 17.6 Å². The molecule has 0 atom stereocenters. The Labute approximate surface area is 149 Å². The number of hydrogen-bond donors (Lipinski definition) is 1. The molecule has 1 N–H and O–H groups in total. The highest BCUT2D eigenvalue weighted by molar-refractivity contribution is 9.10. The van der Waals surface area contributed by atoms with Crippen LogP contribution in [0.2, 0.25) is 0 Å². The lowest BCUT2D eigenvalue weighted by Crippen LogP contribution is -2.24. The molecule has 0 radical (unpaired) electrons. The first-order valence-electron chi connectivity index (χ1n) is 7.23. The molecule has 0 saturated heterocycles. The highest BCUT2D eigenvalue weighted by atomic mass is 79.9. The number of amides is 1. The van der Waals surface area contributed by atoms with Crippen LogP contribution in [0.25, 0.3) is 0 Å². The van der Waals surface area contributed by atoms with Gasteiger partial charge in [-0.05, 0) is 53.2 Å². The minimum atomic E-state index is -0.234. The Morgan fingerprint density at radius 2 is 1.88 bits per heavy atom. The minimum absolute atomic E-state index is 0.0191. The second-order valence-electron chi connectivity index (χ2n) is 4.96. The minimum Gasteiger partial charge on any atom is -0.497 e. The van der Waals surface area contributed by atoms with Gasteiger partial charge in [0.2, 0.25) is 0 Å². The normalized spacial score (nSPS) is 9.62. The molecule has 24 heavy (non-hydrogen) atoms. The van der Waals surface area contributed by atoms with E-state index < -0.39 is 0 Å². The summed E-state index contributed by atoms with van der Waals surface area (Å²) < 4.78 is 5.81. The Bertz CT molecular complexity index is 817. The lowest BCUT2D eigenvalue weighted by molar-refractivity contribution is 0.0956. The van der Waals surface area contributed by atoms with E-state index in [1.807, 2.05) is 0 Å². The van der Waals surface area contributed by atoms with Crippen molar-refractivity contribution in [2.24, 2.45) is 0 Å². The predicted octanol–water partition coefficient (Wildman–Crippen LogP) is 3.44. The van der Waals surface area contributed by atoms with Gasteiger partial charge in [0, 0.05) is 15.6 Å². The van der Waals surface area contributed by atoms with Gasteiger partial charge in [0.25, 0.3) is 5.91 Å². The second kappa shape index (κ2) is 8.32. The number of ketones is 1. The van der Waals surface area contributed by atoms with Gasteiger partial charge in [-0.15, -0.1) is 0 Å². The summed E-state index contributed by atoms with van der Waals surface area (Å²) >= 11 is 3.34. The zero-order chi connectivity index (χ0) is 17.5. The maximum absolute atomic E-state index is 12.2. The molecule has 0 fully saturated rings. The van der Waals surface area contributed by atoms with Gasteiger partial charge in [-0.2, -0.15) is 0 Å². The SMILES string of the molecule is COc1ccc(Br)c(C(=O)NCC#Cc2ccc(C(C)=O)cc2)c1. The van der Waals surface area contributed by atoms with Gasteiger partial charge in [0.05, 0.1) is 19.2 Å². The fourth-order valence-corrected chi connectivity index (χ4v) is 2.39. The van der Waals surface area contributed by atoms with Gasteiger partial charge in [-0.3, -0.25) is 9.59 Å². The van der Waals surface area contributed by atoms with Crippen molar-refractivity contribution in [1.82, 2.24) is 5.32 Å². The van der Waals surface area contributed by atoms with Crippen LogP contribution in [-0.2, 0) is 0 Å². The summed E-state index contributed by atoms with van der Waals surface area (Å²) in [7, 11) is 1.55. The fraction of sp³-hybridized carbons (Fsp3) is 0.158. The van der Waals surface area contributed by atoms with E-state index in [4.69, 9.17) is 4.74 Å². The summed E-state index contributed by atoms with van der Waals surface area (Å²) in [5.41, 5.74) is 1.93. The lowest BCUT2D eigenvalue weighted by atomic mass is 10.1. The van der Waals surface area contributed by atoms with E-state index in [0.29, 0.717) is 21.3 Å². The number of ether oxygens (including phenoxy) is 1. The molecule has 2 aromatic rings. The molecule has 0 spiro atoms. The molecule has 0 bridgehead atoms. The van der Waals surface area contributed by atoms with E-state index in [2.05, 4.69) is 33.1 Å². The molecule has 0 aliphatic heterocycles. The van der Waals surface area contributed by atoms with Crippen LogP contribution in [-0.4, -0.2) is 25.3 Å². The van der Waals surface area contributed by atoms with E-state index in [1.165, 1.54) is 6.92 Å². The van der Waals surface area contributed by atoms with Gasteiger partial charge in [0.1, 0.15) is 5.75 Å². The molecule has 5 heteroatoms. The van der Waals surface area contributed by atoms with E-state index in [0.717, 1.165) is 5.56 Å². The number of carbonyl (C=O) groups is 2. The van der Waals surface area contributed by atoms with Crippen LogP contribution in [0.3, 0.4) is 0 Å². The third-order valence-electron chi connectivity index (χ3n) is 3.28. The van der Waals surface area contributed by atoms with Crippen LogP contribution in [0.4, 0.5) is 0 Å². The summed E-state index contributed by atoms with van der Waals surface area (Å²) in [6, 6.07) is 12.2. The van der Waals surface area contributed by atoms with Gasteiger partial charge < -0.3 is 10.1 Å². The van der Waals surface area contributed by atoms with Crippen LogP contribution in [0.5, 0.6) is 5.75 Å². The monoisotopic (exact) mass is 385 g/mol. The smallest absolute Gasteiger partial charge is 0.253 e. The number of methoxy groups -OCH3 is 1. The van der Waals surface area contributed by atoms with Gasteiger partial charge in [0.15, 0.2) is 5.78 Å². The Balaban J connectivity index is 1.97. The molecule has 0 unspecified atom stereocenters. The molecule has 0 aliphatic rings. The van der Waals surface area contributed by atoms with Crippen molar-refractivity contribution in [3.05, 3.63) is 63.6 Å². The van der Waals surface area contributed by atoms with Crippen LogP contribution in [0.15, 0.2) is 46.9 Å². The predicted molar refractivity (Wildman–Crippen MR) is 96.4 cm³/mol. The van der Waals surface area contributed by atoms with Crippen LogP contribution >= 0.6 is 15.9 Å². The van der Waals surface area contributed by atoms with Crippen molar-refractivity contribution in [3.63, 3.8) is 0 Å². The molecule has 0 heterocycles. The maximum atomic E-state index is 12.2. The average molecular weight is 386 g/mol. The van der Waals surface area contributed by atoms with Crippen LogP contribution in [0, 0.1) is 11.8 Å². The number of rotatable bonds is 4. The lowest BCUT2D eigenvalue weighted by Gasteiger charge is -2.06. The largest absolute Gasteiger partial charge is 0.497 e. The zero-order valence-electron chi connectivity index (χ0n) is 13.4. The summed E-state index contributed by atoms with van der Waals surface area (Å²) in [5, 5.41) is 2.74. The van der Waals surface area contributed by atoms with Crippen molar-refractivity contribution in [2.75, 3.05) is 13.7 Å². The van der Waals surface area contributed by atoms with Crippen molar-refractivity contribution >= 4 is 27.6 Å². The molecule has 2 aromatic carbocycles.